The van der Waals surface area contributed by atoms with Crippen molar-refractivity contribution in [2.24, 2.45) is 0 Å². The summed E-state index contributed by atoms with van der Waals surface area (Å²) in [4.78, 5) is 21.2. The highest BCUT2D eigenvalue weighted by Gasteiger charge is 2.30. The van der Waals surface area contributed by atoms with Crippen LogP contribution in [-0.2, 0) is 6.42 Å². The summed E-state index contributed by atoms with van der Waals surface area (Å²) in [7, 11) is 0. The van der Waals surface area contributed by atoms with E-state index in [9.17, 15) is 4.79 Å². The Morgan fingerprint density at radius 2 is 2.00 bits per heavy atom. The predicted octanol–water partition coefficient (Wildman–Crippen LogP) is 4.01. The maximum absolute atomic E-state index is 12.7. The molecule has 1 aromatic carbocycles. The quantitative estimate of drug-likeness (QED) is 0.768. The topological polar surface area (TPSA) is 68.9 Å². The molecular weight excluding hydrogens is 318 g/mol. The van der Waals surface area contributed by atoms with E-state index in [4.69, 9.17) is 5.73 Å². The molecular formula is C19H17N3OS. The third kappa shape index (κ3) is 2.51. The smallest absolute Gasteiger partial charge is 0.220 e. The molecule has 0 bridgehead atoms. The highest BCUT2D eigenvalue weighted by molar-refractivity contribution is 7.08. The van der Waals surface area contributed by atoms with Gasteiger partial charge in [0.25, 0.3) is 0 Å². The molecule has 0 radical (unpaired) electrons. The lowest BCUT2D eigenvalue weighted by molar-refractivity contribution is 0.0962. The standard InChI is InChI=1S/C19H17N3OS/c1-11-18-16(22-19(20)21-11)8-13(9-17(18)23)15-5-3-2-4-14(15)12-6-7-24-10-12/h2-7,10,13H,8-9H2,1H3,(H2,20,21,22). The van der Waals surface area contributed by atoms with E-state index in [0.29, 0.717) is 17.7 Å². The number of fused-ring (bicyclic) bond motifs is 1. The molecule has 0 amide bonds. The molecule has 24 heavy (non-hydrogen) atoms. The number of Topliss-reactive ketones (excluding diaryl/α,β-unsaturated/α-hetero) is 1. The first-order chi connectivity index (χ1) is 11.6. The number of carbonyl (C=O) groups is 1. The number of thiophene rings is 1. The van der Waals surface area contributed by atoms with Crippen LogP contribution in [-0.4, -0.2) is 15.8 Å². The number of nitrogens with two attached hydrogens (primary N) is 1. The second-order valence-electron chi connectivity index (χ2n) is 6.12. The Bertz CT molecular complexity index is 918. The van der Waals surface area contributed by atoms with E-state index in [2.05, 4.69) is 38.9 Å². The van der Waals surface area contributed by atoms with Crippen LogP contribution in [0.25, 0.3) is 11.1 Å². The molecule has 120 valence electrons. The van der Waals surface area contributed by atoms with Gasteiger partial charge in [-0.15, -0.1) is 0 Å². The molecule has 0 aliphatic heterocycles. The summed E-state index contributed by atoms with van der Waals surface area (Å²) in [6.45, 7) is 1.83. The number of nitrogens with zero attached hydrogens (tertiary/aromatic N) is 2. The summed E-state index contributed by atoms with van der Waals surface area (Å²) in [5.74, 6) is 0.472. The Morgan fingerprint density at radius 1 is 1.17 bits per heavy atom. The van der Waals surface area contributed by atoms with Gasteiger partial charge >= 0.3 is 0 Å². The monoisotopic (exact) mass is 335 g/mol. The van der Waals surface area contributed by atoms with Crippen LogP contribution >= 0.6 is 11.3 Å². The van der Waals surface area contributed by atoms with E-state index < -0.39 is 0 Å². The van der Waals surface area contributed by atoms with Gasteiger partial charge in [0.1, 0.15) is 0 Å². The van der Waals surface area contributed by atoms with Crippen molar-refractivity contribution in [2.75, 3.05) is 5.73 Å². The van der Waals surface area contributed by atoms with Gasteiger partial charge in [-0.05, 0) is 52.8 Å². The zero-order chi connectivity index (χ0) is 16.7. The van der Waals surface area contributed by atoms with Crippen LogP contribution < -0.4 is 5.73 Å². The fourth-order valence-electron chi connectivity index (χ4n) is 3.55. The number of hydrogen-bond acceptors (Lipinski definition) is 5. The normalized spacial score (nSPS) is 16.9. The SMILES string of the molecule is Cc1nc(N)nc2c1C(=O)CC(c1ccccc1-c1ccsc1)C2. The lowest BCUT2D eigenvalue weighted by Gasteiger charge is -2.25. The van der Waals surface area contributed by atoms with Gasteiger partial charge in [-0.3, -0.25) is 4.79 Å². The number of nitrogen functional groups attached to an aromatic ring is 1. The van der Waals surface area contributed by atoms with Gasteiger partial charge in [0.15, 0.2) is 5.78 Å². The fourth-order valence-corrected chi connectivity index (χ4v) is 4.21. The van der Waals surface area contributed by atoms with Crippen molar-refractivity contribution in [1.82, 2.24) is 9.97 Å². The maximum Gasteiger partial charge on any atom is 0.220 e. The van der Waals surface area contributed by atoms with E-state index in [1.54, 1.807) is 11.3 Å². The number of hydrogen-bond donors (Lipinski definition) is 1. The average molecular weight is 335 g/mol. The summed E-state index contributed by atoms with van der Waals surface area (Å²) in [5, 5.41) is 4.21. The van der Waals surface area contributed by atoms with Crippen molar-refractivity contribution < 1.29 is 4.79 Å². The molecule has 4 nitrogen and oxygen atoms in total. The minimum atomic E-state index is 0.110. The first kappa shape index (κ1) is 15.0. The molecule has 1 aliphatic rings. The van der Waals surface area contributed by atoms with Gasteiger partial charge in [0.2, 0.25) is 5.95 Å². The summed E-state index contributed by atoms with van der Waals surface area (Å²) >= 11 is 1.68. The maximum atomic E-state index is 12.7. The summed E-state index contributed by atoms with van der Waals surface area (Å²) < 4.78 is 0. The Labute approximate surface area is 144 Å². The van der Waals surface area contributed by atoms with Gasteiger partial charge < -0.3 is 5.73 Å². The van der Waals surface area contributed by atoms with Crippen LogP contribution in [0.5, 0.6) is 0 Å². The number of aromatic nitrogens is 2. The minimum Gasteiger partial charge on any atom is -0.368 e. The van der Waals surface area contributed by atoms with Gasteiger partial charge in [-0.25, -0.2) is 9.97 Å². The Balaban J connectivity index is 1.79. The van der Waals surface area contributed by atoms with Crippen molar-refractivity contribution in [3.05, 3.63) is 63.6 Å². The van der Waals surface area contributed by atoms with E-state index in [0.717, 1.165) is 12.1 Å². The van der Waals surface area contributed by atoms with Crippen molar-refractivity contribution >= 4 is 23.1 Å². The highest BCUT2D eigenvalue weighted by Crippen LogP contribution is 2.38. The molecule has 0 saturated heterocycles. The lowest BCUT2D eigenvalue weighted by atomic mass is 9.79. The second kappa shape index (κ2) is 5.83. The Morgan fingerprint density at radius 3 is 2.79 bits per heavy atom. The van der Waals surface area contributed by atoms with Crippen LogP contribution in [0.3, 0.4) is 0 Å². The van der Waals surface area contributed by atoms with E-state index in [1.165, 1.54) is 16.7 Å². The summed E-state index contributed by atoms with van der Waals surface area (Å²) in [6.07, 6.45) is 1.21. The van der Waals surface area contributed by atoms with Crippen LogP contribution in [0.4, 0.5) is 5.95 Å². The van der Waals surface area contributed by atoms with E-state index >= 15 is 0 Å². The van der Waals surface area contributed by atoms with Crippen LogP contribution in [0.2, 0.25) is 0 Å². The molecule has 2 heterocycles. The number of aryl methyl sites for hydroxylation is 1. The van der Waals surface area contributed by atoms with Crippen molar-refractivity contribution in [3.63, 3.8) is 0 Å². The molecule has 4 rings (SSSR count). The van der Waals surface area contributed by atoms with Crippen molar-refractivity contribution in [1.29, 1.82) is 0 Å². The second-order valence-corrected chi connectivity index (χ2v) is 6.90. The molecule has 0 spiro atoms. The van der Waals surface area contributed by atoms with E-state index in [1.807, 2.05) is 19.1 Å². The van der Waals surface area contributed by atoms with Gasteiger partial charge in [0, 0.05) is 6.42 Å². The van der Waals surface area contributed by atoms with Gasteiger partial charge in [-0.2, -0.15) is 11.3 Å². The number of carbonyl (C=O) groups excluding carboxylic acids is 1. The third-order valence-electron chi connectivity index (χ3n) is 4.57. The van der Waals surface area contributed by atoms with Crippen LogP contribution in [0.15, 0.2) is 41.1 Å². The van der Waals surface area contributed by atoms with Crippen LogP contribution in [0.1, 0.15) is 39.6 Å². The molecule has 1 atom stereocenters. The fraction of sp³-hybridized carbons (Fsp3) is 0.211. The highest BCUT2D eigenvalue weighted by atomic mass is 32.1. The van der Waals surface area contributed by atoms with Gasteiger partial charge in [0.05, 0.1) is 17.0 Å². The predicted molar refractivity (Wildman–Crippen MR) is 96.3 cm³/mol. The minimum absolute atomic E-state index is 0.110. The Kier molecular flexibility index (Phi) is 3.65. The molecule has 0 fully saturated rings. The molecule has 2 N–H and O–H groups in total. The van der Waals surface area contributed by atoms with Crippen molar-refractivity contribution in [3.8, 4) is 11.1 Å². The Hall–Kier alpha value is -2.53. The molecule has 1 unspecified atom stereocenters. The number of rotatable bonds is 2. The van der Waals surface area contributed by atoms with E-state index in [-0.39, 0.29) is 17.6 Å². The summed E-state index contributed by atoms with van der Waals surface area (Å²) in [5.41, 5.74) is 11.5. The number of ketones is 1. The zero-order valence-corrected chi connectivity index (χ0v) is 14.1. The molecule has 2 aromatic heterocycles. The third-order valence-corrected chi connectivity index (χ3v) is 5.25. The molecule has 5 heteroatoms. The summed E-state index contributed by atoms with van der Waals surface area (Å²) in [6, 6.07) is 10.4. The first-order valence-electron chi connectivity index (χ1n) is 7.91. The lowest BCUT2D eigenvalue weighted by Crippen LogP contribution is -2.23. The molecule has 0 saturated carbocycles. The molecule has 1 aliphatic carbocycles. The average Bonchev–Trinajstić information content (AvgIpc) is 3.08. The van der Waals surface area contributed by atoms with Crippen molar-refractivity contribution in [2.45, 2.75) is 25.7 Å². The largest absolute Gasteiger partial charge is 0.368 e. The number of benzene rings is 1. The van der Waals surface area contributed by atoms with Gasteiger partial charge in [-0.1, -0.05) is 24.3 Å². The number of anilines is 1. The first-order valence-corrected chi connectivity index (χ1v) is 8.85. The zero-order valence-electron chi connectivity index (χ0n) is 13.3. The van der Waals surface area contributed by atoms with Crippen LogP contribution in [0, 0.1) is 6.92 Å². The molecule has 3 aromatic rings.